The van der Waals surface area contributed by atoms with Gasteiger partial charge in [0.25, 0.3) is 0 Å². The van der Waals surface area contributed by atoms with E-state index in [1.165, 1.54) is 94.6 Å². The first-order valence-electron chi connectivity index (χ1n) is 10.1. The van der Waals surface area contributed by atoms with Gasteiger partial charge in [-0.2, -0.15) is 0 Å². The molecule has 0 aliphatic carbocycles. The monoisotopic (exact) mass is 314 g/mol. The average Bonchev–Trinajstić information content (AvgIpc) is 2.60. The Balaban J connectivity index is 1.93. The van der Waals surface area contributed by atoms with Gasteiger partial charge in [0.1, 0.15) is 0 Å². The number of hydrogen-bond acceptors (Lipinski definition) is 0. The first-order chi connectivity index (χ1) is 11.4. The van der Waals surface area contributed by atoms with Crippen molar-refractivity contribution in [3.63, 3.8) is 0 Å². The summed E-state index contributed by atoms with van der Waals surface area (Å²) in [6.07, 6.45) is 20.6. The second-order valence-electron chi connectivity index (χ2n) is 6.82. The molecule has 0 radical (unpaired) electrons. The fourth-order valence-electron chi connectivity index (χ4n) is 3.26. The summed E-state index contributed by atoms with van der Waals surface area (Å²) in [5, 5.41) is 0. The molecule has 0 saturated heterocycles. The minimum Gasteiger partial charge on any atom is -0.0838 e. The van der Waals surface area contributed by atoms with E-state index in [1.807, 2.05) is 0 Å². The predicted octanol–water partition coefficient (Wildman–Crippen LogP) is 8.18. The maximum Gasteiger partial charge on any atom is -0.0228 e. The van der Waals surface area contributed by atoms with E-state index in [-0.39, 0.29) is 0 Å². The van der Waals surface area contributed by atoms with Crippen LogP contribution >= 0.6 is 0 Å². The van der Waals surface area contributed by atoms with Gasteiger partial charge in [-0.1, -0.05) is 114 Å². The lowest BCUT2D eigenvalue weighted by Gasteiger charge is -2.07. The SMILES string of the molecule is CC=C(CCCCCCCCCCCCCC)c1ccccc1. The van der Waals surface area contributed by atoms with E-state index in [0.29, 0.717) is 0 Å². The highest BCUT2D eigenvalue weighted by molar-refractivity contribution is 5.64. The van der Waals surface area contributed by atoms with Gasteiger partial charge < -0.3 is 0 Å². The molecule has 0 atom stereocenters. The number of hydrogen-bond donors (Lipinski definition) is 0. The zero-order valence-corrected chi connectivity index (χ0v) is 15.7. The summed E-state index contributed by atoms with van der Waals surface area (Å²) in [6.45, 7) is 4.46. The Labute approximate surface area is 145 Å². The van der Waals surface area contributed by atoms with Crippen LogP contribution in [0.15, 0.2) is 36.4 Å². The molecule has 0 amide bonds. The number of unbranched alkanes of at least 4 members (excludes halogenated alkanes) is 11. The molecule has 0 fully saturated rings. The Kier molecular flexibility index (Phi) is 12.7. The highest BCUT2D eigenvalue weighted by atomic mass is 14.1. The van der Waals surface area contributed by atoms with Crippen LogP contribution in [0.25, 0.3) is 5.57 Å². The Morgan fingerprint density at radius 1 is 0.696 bits per heavy atom. The Hall–Kier alpha value is -1.04. The van der Waals surface area contributed by atoms with E-state index in [9.17, 15) is 0 Å². The van der Waals surface area contributed by atoms with Gasteiger partial charge in [-0.25, -0.2) is 0 Å². The third kappa shape index (κ3) is 10.4. The minimum atomic E-state index is 1.23. The van der Waals surface area contributed by atoms with Crippen LogP contribution in [0.5, 0.6) is 0 Å². The van der Waals surface area contributed by atoms with Crippen molar-refractivity contribution in [1.29, 1.82) is 0 Å². The second-order valence-corrected chi connectivity index (χ2v) is 6.82. The largest absolute Gasteiger partial charge is 0.0838 e. The average molecular weight is 315 g/mol. The normalized spacial score (nSPS) is 11.8. The highest BCUT2D eigenvalue weighted by Gasteiger charge is 2.00. The molecule has 130 valence electrons. The van der Waals surface area contributed by atoms with Gasteiger partial charge in [-0.05, 0) is 30.9 Å². The lowest BCUT2D eigenvalue weighted by molar-refractivity contribution is 0.545. The lowest BCUT2D eigenvalue weighted by atomic mass is 9.98. The molecule has 0 saturated carbocycles. The van der Waals surface area contributed by atoms with Crippen LogP contribution < -0.4 is 0 Å². The summed E-state index contributed by atoms with van der Waals surface area (Å²) < 4.78 is 0. The standard InChI is InChI=1S/C23H38/c1-3-5-6-7-8-9-10-11-12-13-14-16-19-22(4-2)23-20-17-15-18-21-23/h4,15,17-18,20-21H,3,5-14,16,19H2,1-2H3. The molecular weight excluding hydrogens is 276 g/mol. The fraction of sp³-hybridized carbons (Fsp3) is 0.652. The van der Waals surface area contributed by atoms with Crippen LogP contribution in [0.3, 0.4) is 0 Å². The Morgan fingerprint density at radius 3 is 1.65 bits per heavy atom. The smallest absolute Gasteiger partial charge is 0.0228 e. The molecule has 23 heavy (non-hydrogen) atoms. The third-order valence-corrected chi connectivity index (χ3v) is 4.79. The maximum absolute atomic E-state index is 2.29. The Morgan fingerprint density at radius 2 is 1.17 bits per heavy atom. The van der Waals surface area contributed by atoms with Crippen LogP contribution in [0.4, 0.5) is 0 Å². The van der Waals surface area contributed by atoms with Crippen LogP contribution in [0, 0.1) is 0 Å². The van der Waals surface area contributed by atoms with Gasteiger partial charge >= 0.3 is 0 Å². The number of rotatable bonds is 14. The van der Waals surface area contributed by atoms with Crippen molar-refractivity contribution in [2.45, 2.75) is 97.3 Å². The highest BCUT2D eigenvalue weighted by Crippen LogP contribution is 2.21. The van der Waals surface area contributed by atoms with Crippen molar-refractivity contribution in [1.82, 2.24) is 0 Å². The van der Waals surface area contributed by atoms with E-state index in [1.54, 1.807) is 0 Å². The quantitative estimate of drug-likeness (QED) is 0.304. The molecule has 0 nitrogen and oxygen atoms in total. The number of benzene rings is 1. The van der Waals surface area contributed by atoms with Crippen molar-refractivity contribution in [3.05, 3.63) is 42.0 Å². The first kappa shape index (κ1) is 20.0. The van der Waals surface area contributed by atoms with Gasteiger partial charge in [0.05, 0.1) is 0 Å². The topological polar surface area (TPSA) is 0 Å². The molecule has 0 bridgehead atoms. The van der Waals surface area contributed by atoms with E-state index < -0.39 is 0 Å². The summed E-state index contributed by atoms with van der Waals surface area (Å²) in [7, 11) is 0. The van der Waals surface area contributed by atoms with Crippen LogP contribution in [0.2, 0.25) is 0 Å². The van der Waals surface area contributed by atoms with Crippen LogP contribution in [-0.4, -0.2) is 0 Å². The summed E-state index contributed by atoms with van der Waals surface area (Å²) in [5.41, 5.74) is 2.91. The second kappa shape index (κ2) is 14.5. The number of allylic oxidation sites excluding steroid dienone is 2. The molecule has 0 unspecified atom stereocenters. The molecule has 0 heterocycles. The fourth-order valence-corrected chi connectivity index (χ4v) is 3.26. The van der Waals surface area contributed by atoms with Gasteiger partial charge in [0.15, 0.2) is 0 Å². The van der Waals surface area contributed by atoms with Crippen molar-refractivity contribution in [3.8, 4) is 0 Å². The van der Waals surface area contributed by atoms with Gasteiger partial charge in [-0.3, -0.25) is 0 Å². The minimum absolute atomic E-state index is 1.23. The molecule has 0 aliphatic rings. The maximum atomic E-state index is 2.29. The molecule has 0 aliphatic heterocycles. The predicted molar refractivity (Wildman–Crippen MR) is 106 cm³/mol. The summed E-state index contributed by atoms with van der Waals surface area (Å²) >= 11 is 0. The van der Waals surface area contributed by atoms with Crippen molar-refractivity contribution >= 4 is 5.57 Å². The van der Waals surface area contributed by atoms with E-state index in [2.05, 4.69) is 50.3 Å². The van der Waals surface area contributed by atoms with Gasteiger partial charge in [0, 0.05) is 0 Å². The van der Waals surface area contributed by atoms with Crippen molar-refractivity contribution in [2.75, 3.05) is 0 Å². The van der Waals surface area contributed by atoms with Crippen molar-refractivity contribution < 1.29 is 0 Å². The zero-order chi connectivity index (χ0) is 16.6. The molecule has 0 aromatic heterocycles. The van der Waals surface area contributed by atoms with Crippen LogP contribution in [0.1, 0.15) is 103 Å². The molecule has 0 N–H and O–H groups in total. The van der Waals surface area contributed by atoms with E-state index in [0.717, 1.165) is 0 Å². The summed E-state index contributed by atoms with van der Waals surface area (Å²) in [4.78, 5) is 0. The molecule has 0 spiro atoms. The van der Waals surface area contributed by atoms with Gasteiger partial charge in [0.2, 0.25) is 0 Å². The van der Waals surface area contributed by atoms with E-state index >= 15 is 0 Å². The lowest BCUT2D eigenvalue weighted by Crippen LogP contribution is -1.86. The Bertz CT molecular complexity index is 388. The molecule has 1 aromatic rings. The molecule has 0 heteroatoms. The zero-order valence-electron chi connectivity index (χ0n) is 15.7. The van der Waals surface area contributed by atoms with Crippen LogP contribution in [-0.2, 0) is 0 Å². The molecular formula is C23H38. The molecule has 1 rings (SSSR count). The molecule has 1 aromatic carbocycles. The van der Waals surface area contributed by atoms with E-state index in [4.69, 9.17) is 0 Å². The summed E-state index contributed by atoms with van der Waals surface area (Å²) in [5.74, 6) is 0. The van der Waals surface area contributed by atoms with Gasteiger partial charge in [-0.15, -0.1) is 0 Å². The first-order valence-corrected chi connectivity index (χ1v) is 10.1. The summed E-state index contributed by atoms with van der Waals surface area (Å²) in [6, 6.07) is 10.8. The van der Waals surface area contributed by atoms with Crippen molar-refractivity contribution in [2.24, 2.45) is 0 Å². The third-order valence-electron chi connectivity index (χ3n) is 4.79.